The van der Waals surface area contributed by atoms with E-state index in [1.54, 1.807) is 0 Å². The Morgan fingerprint density at radius 3 is 2.04 bits per heavy atom. The molecular formula is C20H26N2O2. The van der Waals surface area contributed by atoms with Crippen molar-refractivity contribution in [1.29, 1.82) is 0 Å². The molecule has 0 atom stereocenters. The van der Waals surface area contributed by atoms with Gasteiger partial charge in [-0.1, -0.05) is 26.0 Å². The average Bonchev–Trinajstić information content (AvgIpc) is 2.55. The van der Waals surface area contributed by atoms with Gasteiger partial charge in [-0.3, -0.25) is 4.79 Å². The Kier molecular flexibility index (Phi) is 6.24. The monoisotopic (exact) mass is 326 g/mol. The number of carbonyl (C=O) groups is 1. The van der Waals surface area contributed by atoms with Crippen LogP contribution in [-0.2, 0) is 11.3 Å². The summed E-state index contributed by atoms with van der Waals surface area (Å²) in [4.78, 5) is 11.7. The molecular weight excluding hydrogens is 300 g/mol. The summed E-state index contributed by atoms with van der Waals surface area (Å²) < 4.78 is 5.64. The van der Waals surface area contributed by atoms with E-state index >= 15 is 0 Å². The molecule has 2 aromatic rings. The van der Waals surface area contributed by atoms with E-state index in [1.165, 1.54) is 5.56 Å². The first kappa shape index (κ1) is 17.9. The zero-order valence-corrected chi connectivity index (χ0v) is 14.8. The summed E-state index contributed by atoms with van der Waals surface area (Å²) in [6, 6.07) is 15.8. The molecule has 4 heteroatoms. The van der Waals surface area contributed by atoms with Gasteiger partial charge in [-0.25, -0.2) is 0 Å². The molecule has 24 heavy (non-hydrogen) atoms. The topological polar surface area (TPSA) is 50.4 Å². The van der Waals surface area contributed by atoms with Gasteiger partial charge >= 0.3 is 0 Å². The summed E-state index contributed by atoms with van der Waals surface area (Å²) in [6.07, 6.45) is 0.184. The molecule has 4 nitrogen and oxygen atoms in total. The highest BCUT2D eigenvalue weighted by molar-refractivity contribution is 5.92. The number of nitrogens with one attached hydrogen (secondary N) is 2. The van der Waals surface area contributed by atoms with Crippen LogP contribution >= 0.6 is 0 Å². The van der Waals surface area contributed by atoms with Crippen molar-refractivity contribution in [3.63, 3.8) is 0 Å². The van der Waals surface area contributed by atoms with E-state index in [0.717, 1.165) is 23.7 Å². The van der Waals surface area contributed by atoms with Crippen LogP contribution in [0.1, 0.15) is 33.3 Å². The zero-order chi connectivity index (χ0) is 17.5. The van der Waals surface area contributed by atoms with Crippen LogP contribution in [0.4, 0.5) is 11.4 Å². The van der Waals surface area contributed by atoms with Crippen molar-refractivity contribution >= 4 is 17.3 Å². The first-order valence-corrected chi connectivity index (χ1v) is 8.34. The van der Waals surface area contributed by atoms with Crippen LogP contribution in [0.25, 0.3) is 0 Å². The minimum atomic E-state index is -0.0227. The molecule has 0 heterocycles. The van der Waals surface area contributed by atoms with Crippen molar-refractivity contribution in [3.05, 3.63) is 54.1 Å². The number of carbonyl (C=O) groups excluding carboxylic acids is 1. The van der Waals surface area contributed by atoms with E-state index in [-0.39, 0.29) is 17.9 Å². The first-order chi connectivity index (χ1) is 11.4. The van der Waals surface area contributed by atoms with Crippen LogP contribution < -0.4 is 15.4 Å². The van der Waals surface area contributed by atoms with Crippen molar-refractivity contribution in [2.45, 2.75) is 40.3 Å². The van der Waals surface area contributed by atoms with Crippen molar-refractivity contribution in [1.82, 2.24) is 0 Å². The van der Waals surface area contributed by atoms with Gasteiger partial charge in [-0.05, 0) is 55.8 Å². The second-order valence-corrected chi connectivity index (χ2v) is 6.39. The predicted molar refractivity (Wildman–Crippen MR) is 99.4 cm³/mol. The lowest BCUT2D eigenvalue weighted by Gasteiger charge is -2.11. The number of anilines is 2. The Hall–Kier alpha value is -2.49. The molecule has 0 spiro atoms. The second-order valence-electron chi connectivity index (χ2n) is 6.39. The normalized spacial score (nSPS) is 10.8. The Labute approximate surface area is 144 Å². The zero-order valence-electron chi connectivity index (χ0n) is 14.8. The molecule has 0 bridgehead atoms. The summed E-state index contributed by atoms with van der Waals surface area (Å²) >= 11 is 0. The van der Waals surface area contributed by atoms with Gasteiger partial charge in [-0.15, -0.1) is 0 Å². The molecule has 0 unspecified atom stereocenters. The standard InChI is InChI=1S/C20H26N2O2/c1-14(2)20(23)22-18-9-7-17(8-10-18)21-13-16-5-11-19(12-6-16)24-15(3)4/h5-12,14-15,21H,13H2,1-4H3,(H,22,23). The molecule has 0 fully saturated rings. The molecule has 1 amide bonds. The van der Waals surface area contributed by atoms with E-state index in [1.807, 2.05) is 64.1 Å². The largest absolute Gasteiger partial charge is 0.491 e. The van der Waals surface area contributed by atoms with E-state index in [0.29, 0.717) is 0 Å². The smallest absolute Gasteiger partial charge is 0.226 e. The Balaban J connectivity index is 1.87. The van der Waals surface area contributed by atoms with Crippen LogP contribution in [0.3, 0.4) is 0 Å². The maximum absolute atomic E-state index is 11.7. The highest BCUT2D eigenvalue weighted by Gasteiger charge is 2.06. The lowest BCUT2D eigenvalue weighted by Crippen LogP contribution is -2.17. The van der Waals surface area contributed by atoms with Crippen LogP contribution in [0.15, 0.2) is 48.5 Å². The fourth-order valence-electron chi connectivity index (χ4n) is 2.12. The van der Waals surface area contributed by atoms with Crippen molar-refractivity contribution in [2.24, 2.45) is 5.92 Å². The van der Waals surface area contributed by atoms with E-state index in [9.17, 15) is 4.79 Å². The molecule has 0 radical (unpaired) electrons. The molecule has 0 aliphatic carbocycles. The van der Waals surface area contributed by atoms with Gasteiger partial charge in [0.2, 0.25) is 5.91 Å². The molecule has 128 valence electrons. The van der Waals surface area contributed by atoms with Crippen molar-refractivity contribution in [2.75, 3.05) is 10.6 Å². The van der Waals surface area contributed by atoms with Gasteiger partial charge in [0.25, 0.3) is 0 Å². The number of hydrogen-bond acceptors (Lipinski definition) is 3. The molecule has 0 aliphatic heterocycles. The lowest BCUT2D eigenvalue weighted by atomic mass is 10.2. The number of ether oxygens (including phenoxy) is 1. The summed E-state index contributed by atoms with van der Waals surface area (Å²) in [5, 5.41) is 6.25. The molecule has 2 N–H and O–H groups in total. The predicted octanol–water partition coefficient (Wildman–Crippen LogP) is 4.68. The molecule has 2 aromatic carbocycles. The summed E-state index contributed by atoms with van der Waals surface area (Å²) in [5.74, 6) is 0.892. The fourth-order valence-corrected chi connectivity index (χ4v) is 2.12. The van der Waals surface area contributed by atoms with Crippen molar-refractivity contribution in [3.8, 4) is 5.75 Å². The number of rotatable bonds is 7. The van der Waals surface area contributed by atoms with Gasteiger partial charge < -0.3 is 15.4 Å². The van der Waals surface area contributed by atoms with Gasteiger partial charge in [0, 0.05) is 23.8 Å². The van der Waals surface area contributed by atoms with Crippen LogP contribution in [0.2, 0.25) is 0 Å². The SMILES string of the molecule is CC(C)Oc1ccc(CNc2ccc(NC(=O)C(C)C)cc2)cc1. The van der Waals surface area contributed by atoms with E-state index < -0.39 is 0 Å². The summed E-state index contributed by atoms with van der Waals surface area (Å²) in [5.41, 5.74) is 3.01. The minimum absolute atomic E-state index is 0.0227. The van der Waals surface area contributed by atoms with Crippen LogP contribution in [0.5, 0.6) is 5.75 Å². The van der Waals surface area contributed by atoms with Crippen molar-refractivity contribution < 1.29 is 9.53 Å². The number of amides is 1. The average molecular weight is 326 g/mol. The molecule has 0 saturated carbocycles. The minimum Gasteiger partial charge on any atom is -0.491 e. The van der Waals surface area contributed by atoms with Gasteiger partial charge in [-0.2, -0.15) is 0 Å². The molecule has 2 rings (SSSR count). The van der Waals surface area contributed by atoms with Crippen LogP contribution in [-0.4, -0.2) is 12.0 Å². The quantitative estimate of drug-likeness (QED) is 0.776. The maximum Gasteiger partial charge on any atom is 0.226 e. The molecule has 0 aliphatic rings. The fraction of sp³-hybridized carbons (Fsp3) is 0.350. The number of benzene rings is 2. The third-order valence-corrected chi connectivity index (χ3v) is 3.47. The molecule has 0 aromatic heterocycles. The Morgan fingerprint density at radius 2 is 1.50 bits per heavy atom. The summed E-state index contributed by atoms with van der Waals surface area (Å²) in [6.45, 7) is 8.52. The Morgan fingerprint density at radius 1 is 0.917 bits per heavy atom. The van der Waals surface area contributed by atoms with Crippen LogP contribution in [0, 0.1) is 5.92 Å². The lowest BCUT2D eigenvalue weighted by molar-refractivity contribution is -0.118. The third kappa shape index (κ3) is 5.61. The van der Waals surface area contributed by atoms with Gasteiger partial charge in [0.1, 0.15) is 5.75 Å². The highest BCUT2D eigenvalue weighted by Crippen LogP contribution is 2.17. The molecule has 0 saturated heterocycles. The van der Waals surface area contributed by atoms with E-state index in [4.69, 9.17) is 4.74 Å². The second kappa shape index (κ2) is 8.39. The third-order valence-electron chi connectivity index (χ3n) is 3.47. The number of hydrogen-bond donors (Lipinski definition) is 2. The van der Waals surface area contributed by atoms with E-state index in [2.05, 4.69) is 22.8 Å². The maximum atomic E-state index is 11.7. The van der Waals surface area contributed by atoms with Gasteiger partial charge in [0.15, 0.2) is 0 Å². The first-order valence-electron chi connectivity index (χ1n) is 8.34. The summed E-state index contributed by atoms with van der Waals surface area (Å²) in [7, 11) is 0. The highest BCUT2D eigenvalue weighted by atomic mass is 16.5. The van der Waals surface area contributed by atoms with Gasteiger partial charge in [0.05, 0.1) is 6.10 Å². The Bertz CT molecular complexity index is 646.